The molecule has 1 amide bonds. The molecule has 2 aromatic carbocycles. The van der Waals surface area contributed by atoms with Crippen LogP contribution < -0.4 is 10.1 Å². The molecular weight excluding hydrogens is 376 g/mol. The number of hydrogen-bond donors (Lipinski definition) is 1. The average molecular weight is 397 g/mol. The zero-order chi connectivity index (χ0) is 18.5. The fourth-order valence-electron chi connectivity index (χ4n) is 2.90. The number of thioether (sulfide) groups is 2. The summed E-state index contributed by atoms with van der Waals surface area (Å²) in [5.41, 5.74) is 2.96. The van der Waals surface area contributed by atoms with Crippen LogP contribution in [-0.4, -0.2) is 29.0 Å². The fraction of sp³-hybridized carbons (Fsp3) is 0.238. The number of benzene rings is 2. The van der Waals surface area contributed by atoms with E-state index in [0.29, 0.717) is 10.3 Å². The first kappa shape index (κ1) is 18.2. The summed E-state index contributed by atoms with van der Waals surface area (Å²) in [5.74, 6) is 2.98. The Morgan fingerprint density at radius 2 is 1.93 bits per heavy atom. The summed E-state index contributed by atoms with van der Waals surface area (Å²) in [5, 5.41) is 3.86. The second-order valence-electron chi connectivity index (χ2n) is 6.24. The highest BCUT2D eigenvalue weighted by molar-refractivity contribution is 8.16. The van der Waals surface area contributed by atoms with Crippen LogP contribution in [0.2, 0.25) is 0 Å². The summed E-state index contributed by atoms with van der Waals surface area (Å²) in [6.07, 6.45) is 3.04. The van der Waals surface area contributed by atoms with E-state index in [1.165, 1.54) is 23.5 Å². The van der Waals surface area contributed by atoms with Crippen molar-refractivity contribution in [2.75, 3.05) is 23.4 Å². The van der Waals surface area contributed by atoms with Crippen LogP contribution in [0.5, 0.6) is 5.75 Å². The van der Waals surface area contributed by atoms with E-state index in [1.54, 1.807) is 6.20 Å². The SMILES string of the molecule is O=C(COc1ccc(C2SCCCS2)cc1)Nc1ccc2ncccc2c1. The Balaban J connectivity index is 1.31. The van der Waals surface area contributed by atoms with Crippen molar-refractivity contribution in [3.63, 3.8) is 0 Å². The highest BCUT2D eigenvalue weighted by Crippen LogP contribution is 2.43. The maximum atomic E-state index is 12.2. The fourth-order valence-corrected chi connectivity index (χ4v) is 5.80. The molecule has 0 atom stereocenters. The number of carbonyl (C=O) groups is 1. The molecule has 1 saturated heterocycles. The minimum atomic E-state index is -0.180. The van der Waals surface area contributed by atoms with E-state index in [9.17, 15) is 4.79 Å². The van der Waals surface area contributed by atoms with E-state index in [0.717, 1.165) is 16.6 Å². The summed E-state index contributed by atoms with van der Waals surface area (Å²) < 4.78 is 6.14. The Hall–Kier alpha value is -2.18. The Kier molecular flexibility index (Phi) is 5.84. The maximum absolute atomic E-state index is 12.2. The number of nitrogens with one attached hydrogen (secondary N) is 1. The van der Waals surface area contributed by atoms with Crippen LogP contribution in [-0.2, 0) is 4.79 Å². The number of anilines is 1. The molecule has 0 bridgehead atoms. The molecule has 1 aliphatic rings. The number of aromatic nitrogens is 1. The predicted octanol–water partition coefficient (Wildman–Crippen LogP) is 5.12. The first-order chi connectivity index (χ1) is 13.3. The van der Waals surface area contributed by atoms with Gasteiger partial charge >= 0.3 is 0 Å². The lowest BCUT2D eigenvalue weighted by Gasteiger charge is -2.21. The predicted molar refractivity (Wildman–Crippen MR) is 115 cm³/mol. The third kappa shape index (κ3) is 4.76. The molecule has 1 aliphatic heterocycles. The lowest BCUT2D eigenvalue weighted by atomic mass is 10.2. The molecule has 0 unspecified atom stereocenters. The maximum Gasteiger partial charge on any atom is 0.262 e. The van der Waals surface area contributed by atoms with E-state index in [-0.39, 0.29) is 12.5 Å². The van der Waals surface area contributed by atoms with Crippen LogP contribution in [0.25, 0.3) is 10.9 Å². The lowest BCUT2D eigenvalue weighted by molar-refractivity contribution is -0.118. The third-order valence-corrected chi connectivity index (χ3v) is 7.25. The van der Waals surface area contributed by atoms with Crippen LogP contribution in [0.4, 0.5) is 5.69 Å². The van der Waals surface area contributed by atoms with Gasteiger partial charge < -0.3 is 10.1 Å². The zero-order valence-electron chi connectivity index (χ0n) is 14.8. The van der Waals surface area contributed by atoms with Gasteiger partial charge in [-0.25, -0.2) is 0 Å². The lowest BCUT2D eigenvalue weighted by Crippen LogP contribution is -2.20. The standard InChI is InChI=1S/C21H20N2O2S2/c24-20(23-17-6-9-19-16(13-17)3-1-10-22-19)14-25-18-7-4-15(5-8-18)21-26-11-2-12-27-21/h1,3-10,13,21H,2,11-12,14H2,(H,23,24). The van der Waals surface area contributed by atoms with Crippen molar-refractivity contribution in [1.82, 2.24) is 4.98 Å². The summed E-state index contributed by atoms with van der Waals surface area (Å²) in [7, 11) is 0. The van der Waals surface area contributed by atoms with Crippen LogP contribution in [0.1, 0.15) is 16.6 Å². The molecular formula is C21H20N2O2S2. The molecule has 1 aromatic heterocycles. The van der Waals surface area contributed by atoms with Gasteiger partial charge in [0.15, 0.2) is 6.61 Å². The summed E-state index contributed by atoms with van der Waals surface area (Å²) >= 11 is 3.99. The van der Waals surface area contributed by atoms with Gasteiger partial charge in [-0.05, 0) is 59.9 Å². The average Bonchev–Trinajstić information content (AvgIpc) is 2.73. The minimum absolute atomic E-state index is 0.0165. The second kappa shape index (κ2) is 8.67. The van der Waals surface area contributed by atoms with Gasteiger partial charge in [0.05, 0.1) is 10.1 Å². The molecule has 27 heavy (non-hydrogen) atoms. The second-order valence-corrected chi connectivity index (χ2v) is 8.97. The van der Waals surface area contributed by atoms with Crippen molar-refractivity contribution >= 4 is 46.0 Å². The van der Waals surface area contributed by atoms with Crippen LogP contribution in [0, 0.1) is 0 Å². The molecule has 0 spiro atoms. The molecule has 0 saturated carbocycles. The van der Waals surface area contributed by atoms with Gasteiger partial charge in [-0.3, -0.25) is 9.78 Å². The third-order valence-electron chi connectivity index (χ3n) is 4.24. The molecule has 4 rings (SSSR count). The highest BCUT2D eigenvalue weighted by Gasteiger charge is 2.16. The Morgan fingerprint density at radius 3 is 2.74 bits per heavy atom. The number of rotatable bonds is 5. The number of fused-ring (bicyclic) bond motifs is 1. The number of hydrogen-bond acceptors (Lipinski definition) is 5. The van der Waals surface area contributed by atoms with Gasteiger partial charge in [0.2, 0.25) is 0 Å². The minimum Gasteiger partial charge on any atom is -0.484 e. The van der Waals surface area contributed by atoms with Gasteiger partial charge in [0, 0.05) is 17.3 Å². The van der Waals surface area contributed by atoms with Gasteiger partial charge in [0.1, 0.15) is 5.75 Å². The number of nitrogens with zero attached hydrogens (tertiary/aromatic N) is 1. The van der Waals surface area contributed by atoms with E-state index in [2.05, 4.69) is 22.4 Å². The first-order valence-corrected chi connectivity index (χ1v) is 11.0. The molecule has 2 heterocycles. The number of carbonyl (C=O) groups excluding carboxylic acids is 1. The topological polar surface area (TPSA) is 51.2 Å². The Labute approximate surface area is 167 Å². The molecule has 0 radical (unpaired) electrons. The highest BCUT2D eigenvalue weighted by atomic mass is 32.2. The molecule has 0 aliphatic carbocycles. The molecule has 6 heteroatoms. The van der Waals surface area contributed by atoms with Gasteiger partial charge in [-0.15, -0.1) is 23.5 Å². The zero-order valence-corrected chi connectivity index (χ0v) is 16.4. The number of pyridine rings is 1. The monoisotopic (exact) mass is 396 g/mol. The summed E-state index contributed by atoms with van der Waals surface area (Å²) in [6, 6.07) is 17.6. The number of amides is 1. The van der Waals surface area contributed by atoms with Crippen LogP contribution >= 0.6 is 23.5 Å². The Morgan fingerprint density at radius 1 is 1.11 bits per heavy atom. The summed E-state index contributed by atoms with van der Waals surface area (Å²) in [6.45, 7) is -0.0165. The molecule has 1 N–H and O–H groups in total. The van der Waals surface area contributed by atoms with E-state index in [4.69, 9.17) is 4.74 Å². The molecule has 1 fully saturated rings. The van der Waals surface area contributed by atoms with Crippen molar-refractivity contribution in [2.45, 2.75) is 11.0 Å². The number of ether oxygens (including phenoxy) is 1. The van der Waals surface area contributed by atoms with E-state index < -0.39 is 0 Å². The smallest absolute Gasteiger partial charge is 0.262 e. The van der Waals surface area contributed by atoms with Crippen molar-refractivity contribution < 1.29 is 9.53 Å². The van der Waals surface area contributed by atoms with Crippen LogP contribution in [0.3, 0.4) is 0 Å². The van der Waals surface area contributed by atoms with Crippen LogP contribution in [0.15, 0.2) is 60.8 Å². The quantitative estimate of drug-likeness (QED) is 0.649. The summed E-state index contributed by atoms with van der Waals surface area (Å²) in [4.78, 5) is 16.5. The largest absolute Gasteiger partial charge is 0.484 e. The first-order valence-electron chi connectivity index (χ1n) is 8.88. The van der Waals surface area contributed by atoms with Gasteiger partial charge in [0.25, 0.3) is 5.91 Å². The van der Waals surface area contributed by atoms with E-state index >= 15 is 0 Å². The van der Waals surface area contributed by atoms with Crippen molar-refractivity contribution in [2.24, 2.45) is 0 Å². The van der Waals surface area contributed by atoms with Crippen molar-refractivity contribution in [3.8, 4) is 5.75 Å². The van der Waals surface area contributed by atoms with Crippen molar-refractivity contribution in [1.29, 1.82) is 0 Å². The van der Waals surface area contributed by atoms with Gasteiger partial charge in [-0.1, -0.05) is 18.2 Å². The molecule has 3 aromatic rings. The normalized spacial score (nSPS) is 14.8. The molecule has 138 valence electrons. The van der Waals surface area contributed by atoms with Gasteiger partial charge in [-0.2, -0.15) is 0 Å². The Bertz CT molecular complexity index is 925. The molecule has 4 nitrogen and oxygen atoms in total. The van der Waals surface area contributed by atoms with E-state index in [1.807, 2.05) is 66.0 Å². The van der Waals surface area contributed by atoms with Crippen molar-refractivity contribution in [3.05, 3.63) is 66.4 Å².